The number of nitrogen functional groups attached to an aromatic ring is 1. The molecule has 0 aliphatic carbocycles. The van der Waals surface area contributed by atoms with Gasteiger partial charge in [0.2, 0.25) is 0 Å². The molecule has 0 fully saturated rings. The van der Waals surface area contributed by atoms with Gasteiger partial charge in [-0.15, -0.1) is 0 Å². The molecular weight excluding hydrogens is 536 g/mol. The maximum Gasteiger partial charge on any atom is 0.416 e. The minimum Gasteiger partial charge on any atom is -0.480 e. The molecule has 4 aromatic rings. The monoisotopic (exact) mass is 556 g/mol. The number of hydrogen-bond donors (Lipinski definition) is 3. The predicted octanol–water partition coefficient (Wildman–Crippen LogP) is 6.84. The van der Waals surface area contributed by atoms with Gasteiger partial charge >= 0.3 is 12.1 Å². The van der Waals surface area contributed by atoms with E-state index >= 15 is 0 Å². The second-order valence-corrected chi connectivity index (χ2v) is 9.18. The van der Waals surface area contributed by atoms with Gasteiger partial charge in [0.1, 0.15) is 11.9 Å². The lowest BCUT2D eigenvalue weighted by Gasteiger charge is -2.16. The van der Waals surface area contributed by atoms with Crippen LogP contribution in [0.15, 0.2) is 84.9 Å². The van der Waals surface area contributed by atoms with Crippen LogP contribution in [0.25, 0.3) is 22.3 Å². The van der Waals surface area contributed by atoms with E-state index < -0.39 is 35.5 Å². The standard InChI is InChI=1S/C29H21ClF4N2O3/c30-23-15-20(7-11-24(23)31)17-3-1-16(2-4-17)13-26(28(38)39)36-27(37)22-14-19(8-12-25(22)35)18-5-9-21(10-6-18)29(32,33)34/h1-12,14-15,26H,13,35H2,(H,36,37)(H,38,39)/t26-/m0/s1. The molecule has 0 spiro atoms. The maximum absolute atomic E-state index is 13.4. The van der Waals surface area contributed by atoms with Crippen LogP contribution >= 0.6 is 11.6 Å². The number of carbonyl (C=O) groups excluding carboxylic acids is 1. The smallest absolute Gasteiger partial charge is 0.416 e. The maximum atomic E-state index is 13.4. The molecule has 0 unspecified atom stereocenters. The van der Waals surface area contributed by atoms with E-state index in [1.807, 2.05) is 0 Å². The number of aliphatic carboxylic acids is 1. The molecule has 4 aromatic carbocycles. The van der Waals surface area contributed by atoms with Gasteiger partial charge in [-0.3, -0.25) is 4.79 Å². The van der Waals surface area contributed by atoms with Crippen molar-refractivity contribution < 1.29 is 32.3 Å². The molecule has 4 N–H and O–H groups in total. The Hall–Kier alpha value is -4.37. The lowest BCUT2D eigenvalue weighted by molar-refractivity contribution is -0.139. The van der Waals surface area contributed by atoms with Crippen LogP contribution in [0.3, 0.4) is 0 Å². The van der Waals surface area contributed by atoms with Crippen LogP contribution in [0.2, 0.25) is 5.02 Å². The third-order valence-corrected chi connectivity index (χ3v) is 6.38. The summed E-state index contributed by atoms with van der Waals surface area (Å²) in [6.07, 6.45) is -4.52. The molecule has 0 radical (unpaired) electrons. The highest BCUT2D eigenvalue weighted by Gasteiger charge is 2.30. The summed E-state index contributed by atoms with van der Waals surface area (Å²) in [5.41, 5.74) is 8.11. The number of benzene rings is 4. The van der Waals surface area contributed by atoms with Crippen molar-refractivity contribution in [3.63, 3.8) is 0 Å². The molecule has 0 aromatic heterocycles. The summed E-state index contributed by atoms with van der Waals surface area (Å²) in [6, 6.07) is 18.6. The third kappa shape index (κ3) is 6.56. The van der Waals surface area contributed by atoms with Crippen LogP contribution in [-0.2, 0) is 17.4 Å². The number of rotatable bonds is 7. The molecule has 1 atom stereocenters. The molecule has 0 bridgehead atoms. The Balaban J connectivity index is 1.50. The number of nitrogens with two attached hydrogens (primary N) is 1. The Bertz CT molecular complexity index is 1520. The molecule has 0 aliphatic rings. The second-order valence-electron chi connectivity index (χ2n) is 8.77. The highest BCUT2D eigenvalue weighted by molar-refractivity contribution is 6.31. The van der Waals surface area contributed by atoms with E-state index in [4.69, 9.17) is 17.3 Å². The fraction of sp³-hybridized carbons (Fsp3) is 0.103. The van der Waals surface area contributed by atoms with E-state index in [2.05, 4.69) is 5.32 Å². The average molecular weight is 557 g/mol. The first-order valence-corrected chi connectivity index (χ1v) is 12.0. The molecule has 39 heavy (non-hydrogen) atoms. The van der Waals surface area contributed by atoms with Crippen LogP contribution in [-0.4, -0.2) is 23.0 Å². The van der Waals surface area contributed by atoms with Crippen molar-refractivity contribution >= 4 is 29.2 Å². The predicted molar refractivity (Wildman–Crippen MR) is 141 cm³/mol. The Morgan fingerprint density at radius 3 is 1.95 bits per heavy atom. The molecule has 0 saturated heterocycles. The minimum atomic E-state index is -4.48. The Labute approximate surface area is 225 Å². The number of carbonyl (C=O) groups is 2. The largest absolute Gasteiger partial charge is 0.480 e. The normalized spacial score (nSPS) is 12.1. The molecule has 200 valence electrons. The van der Waals surface area contributed by atoms with Gasteiger partial charge in [0.05, 0.1) is 16.1 Å². The summed E-state index contributed by atoms with van der Waals surface area (Å²) in [7, 11) is 0. The first kappa shape index (κ1) is 27.7. The van der Waals surface area contributed by atoms with Crippen LogP contribution in [0.4, 0.5) is 23.2 Å². The average Bonchev–Trinajstić information content (AvgIpc) is 2.90. The van der Waals surface area contributed by atoms with Crippen molar-refractivity contribution in [3.05, 3.63) is 112 Å². The van der Waals surface area contributed by atoms with Crippen LogP contribution < -0.4 is 11.1 Å². The first-order valence-electron chi connectivity index (χ1n) is 11.6. The van der Waals surface area contributed by atoms with Crippen LogP contribution in [0, 0.1) is 5.82 Å². The summed E-state index contributed by atoms with van der Waals surface area (Å²) in [5, 5.41) is 12.2. The zero-order valence-electron chi connectivity index (χ0n) is 20.1. The van der Waals surface area contributed by atoms with E-state index in [1.165, 1.54) is 36.4 Å². The van der Waals surface area contributed by atoms with Crippen molar-refractivity contribution in [2.75, 3.05) is 5.73 Å². The molecule has 0 saturated carbocycles. The number of carboxylic acid groups (broad SMARTS) is 1. The van der Waals surface area contributed by atoms with Gasteiger partial charge in [0, 0.05) is 12.1 Å². The van der Waals surface area contributed by atoms with Crippen molar-refractivity contribution in [2.45, 2.75) is 18.6 Å². The van der Waals surface area contributed by atoms with Gasteiger partial charge in [0.15, 0.2) is 0 Å². The quantitative estimate of drug-likeness (QED) is 0.172. The van der Waals surface area contributed by atoms with E-state index in [9.17, 15) is 32.3 Å². The van der Waals surface area contributed by atoms with Crippen molar-refractivity contribution in [1.82, 2.24) is 5.32 Å². The van der Waals surface area contributed by atoms with Crippen LogP contribution in [0.5, 0.6) is 0 Å². The molecule has 10 heteroatoms. The molecular formula is C29H21ClF4N2O3. The summed E-state index contributed by atoms with van der Waals surface area (Å²) in [5.74, 6) is -2.55. The van der Waals surface area contributed by atoms with Crippen molar-refractivity contribution in [2.24, 2.45) is 0 Å². The van der Waals surface area contributed by atoms with E-state index in [0.717, 1.165) is 17.7 Å². The fourth-order valence-corrected chi connectivity index (χ4v) is 4.15. The highest BCUT2D eigenvalue weighted by atomic mass is 35.5. The number of alkyl halides is 3. The van der Waals surface area contributed by atoms with Crippen molar-refractivity contribution in [3.8, 4) is 22.3 Å². The van der Waals surface area contributed by atoms with Gasteiger partial charge in [-0.05, 0) is 64.2 Å². The second kappa shape index (κ2) is 11.2. The summed E-state index contributed by atoms with van der Waals surface area (Å²) >= 11 is 5.85. The number of anilines is 1. The van der Waals surface area contributed by atoms with Gasteiger partial charge in [0.25, 0.3) is 5.91 Å². The number of hydrogen-bond acceptors (Lipinski definition) is 3. The molecule has 1 amide bonds. The Morgan fingerprint density at radius 1 is 0.846 bits per heavy atom. The van der Waals surface area contributed by atoms with Crippen LogP contribution in [0.1, 0.15) is 21.5 Å². The topological polar surface area (TPSA) is 92.4 Å². The highest BCUT2D eigenvalue weighted by Crippen LogP contribution is 2.32. The number of halogens is 5. The summed E-state index contributed by atoms with van der Waals surface area (Å²) in [4.78, 5) is 24.9. The van der Waals surface area contributed by atoms with Crippen molar-refractivity contribution in [1.29, 1.82) is 0 Å². The van der Waals surface area contributed by atoms with E-state index in [0.29, 0.717) is 22.3 Å². The van der Waals surface area contributed by atoms with Gasteiger partial charge in [-0.1, -0.05) is 60.1 Å². The van der Waals surface area contributed by atoms with Gasteiger partial charge < -0.3 is 16.2 Å². The zero-order valence-corrected chi connectivity index (χ0v) is 20.9. The summed E-state index contributed by atoms with van der Waals surface area (Å²) in [6.45, 7) is 0. The lowest BCUT2D eigenvalue weighted by atomic mass is 9.99. The van der Waals surface area contributed by atoms with Gasteiger partial charge in [-0.25, -0.2) is 9.18 Å². The van der Waals surface area contributed by atoms with E-state index in [-0.39, 0.29) is 22.7 Å². The Kier molecular flexibility index (Phi) is 7.92. The number of amides is 1. The molecule has 0 aliphatic heterocycles. The molecule has 4 rings (SSSR count). The van der Waals surface area contributed by atoms with E-state index in [1.54, 1.807) is 36.4 Å². The van der Waals surface area contributed by atoms with Gasteiger partial charge in [-0.2, -0.15) is 13.2 Å². The lowest BCUT2D eigenvalue weighted by Crippen LogP contribution is -2.42. The Morgan fingerprint density at radius 2 is 1.38 bits per heavy atom. The third-order valence-electron chi connectivity index (χ3n) is 6.09. The molecule has 0 heterocycles. The number of carboxylic acids is 1. The first-order chi connectivity index (χ1) is 18.4. The molecule has 5 nitrogen and oxygen atoms in total. The zero-order chi connectivity index (χ0) is 28.3. The summed E-state index contributed by atoms with van der Waals surface area (Å²) < 4.78 is 52.1. The SMILES string of the molecule is Nc1ccc(-c2ccc(C(F)(F)F)cc2)cc1C(=O)N[C@@H](Cc1ccc(-c2ccc(F)c(Cl)c2)cc1)C(=O)O. The fourth-order valence-electron chi connectivity index (χ4n) is 3.96. The number of nitrogens with one attached hydrogen (secondary N) is 1. The minimum absolute atomic E-state index is 0.0119.